The number of rotatable bonds is 7. The summed E-state index contributed by atoms with van der Waals surface area (Å²) >= 11 is 0. The minimum absolute atomic E-state index is 0.653. The SMILES string of the molecule is CCCOc1cc(Nc2ccc(OCC)cc2)ccc1N. The fourth-order valence-corrected chi connectivity index (χ4v) is 1.92. The second kappa shape index (κ2) is 7.43. The van der Waals surface area contributed by atoms with Crippen molar-refractivity contribution in [3.8, 4) is 11.5 Å². The standard InChI is InChI=1S/C17H22N2O2/c1-3-11-21-17-12-14(7-10-16(17)18)19-13-5-8-15(9-6-13)20-4-2/h5-10,12,19H,3-4,11,18H2,1-2H3. The van der Waals surface area contributed by atoms with Crippen LogP contribution in [0.2, 0.25) is 0 Å². The second-order valence-electron chi connectivity index (χ2n) is 4.68. The van der Waals surface area contributed by atoms with E-state index in [1.54, 1.807) is 0 Å². The van der Waals surface area contributed by atoms with Crippen molar-refractivity contribution in [1.29, 1.82) is 0 Å². The fraction of sp³-hybridized carbons (Fsp3) is 0.294. The molecule has 112 valence electrons. The van der Waals surface area contributed by atoms with Gasteiger partial charge in [-0.25, -0.2) is 0 Å². The monoisotopic (exact) mass is 286 g/mol. The summed E-state index contributed by atoms with van der Waals surface area (Å²) < 4.78 is 11.1. The maximum Gasteiger partial charge on any atom is 0.144 e. The van der Waals surface area contributed by atoms with Gasteiger partial charge in [-0.05, 0) is 49.7 Å². The zero-order chi connectivity index (χ0) is 15.1. The van der Waals surface area contributed by atoms with Crippen LogP contribution in [0.3, 0.4) is 0 Å². The zero-order valence-corrected chi connectivity index (χ0v) is 12.6. The molecule has 2 aromatic rings. The van der Waals surface area contributed by atoms with Crippen molar-refractivity contribution in [1.82, 2.24) is 0 Å². The third-order valence-electron chi connectivity index (χ3n) is 2.93. The lowest BCUT2D eigenvalue weighted by Crippen LogP contribution is -2.00. The summed E-state index contributed by atoms with van der Waals surface area (Å²) in [6.07, 6.45) is 0.954. The van der Waals surface area contributed by atoms with E-state index in [0.717, 1.165) is 23.5 Å². The summed E-state index contributed by atoms with van der Waals surface area (Å²) in [5.74, 6) is 1.58. The van der Waals surface area contributed by atoms with Gasteiger partial charge in [-0.1, -0.05) is 6.92 Å². The smallest absolute Gasteiger partial charge is 0.144 e. The highest BCUT2D eigenvalue weighted by Gasteiger charge is 2.03. The predicted molar refractivity (Wildman–Crippen MR) is 87.5 cm³/mol. The van der Waals surface area contributed by atoms with Crippen LogP contribution in [-0.4, -0.2) is 13.2 Å². The van der Waals surface area contributed by atoms with Crippen molar-refractivity contribution in [2.24, 2.45) is 0 Å². The molecule has 21 heavy (non-hydrogen) atoms. The van der Waals surface area contributed by atoms with Gasteiger partial charge in [-0.15, -0.1) is 0 Å². The lowest BCUT2D eigenvalue weighted by atomic mass is 10.2. The van der Waals surface area contributed by atoms with Crippen LogP contribution in [0.4, 0.5) is 17.1 Å². The van der Waals surface area contributed by atoms with Crippen molar-refractivity contribution in [2.75, 3.05) is 24.3 Å². The summed E-state index contributed by atoms with van der Waals surface area (Å²) in [5.41, 5.74) is 8.50. The number of hydrogen-bond acceptors (Lipinski definition) is 4. The lowest BCUT2D eigenvalue weighted by Gasteiger charge is -2.12. The van der Waals surface area contributed by atoms with E-state index in [9.17, 15) is 0 Å². The minimum atomic E-state index is 0.653. The van der Waals surface area contributed by atoms with Crippen LogP contribution < -0.4 is 20.5 Å². The molecule has 0 unspecified atom stereocenters. The van der Waals surface area contributed by atoms with Gasteiger partial charge in [0, 0.05) is 17.4 Å². The van der Waals surface area contributed by atoms with Gasteiger partial charge in [0.25, 0.3) is 0 Å². The van der Waals surface area contributed by atoms with Gasteiger partial charge in [0.15, 0.2) is 0 Å². The van der Waals surface area contributed by atoms with E-state index in [4.69, 9.17) is 15.2 Å². The highest BCUT2D eigenvalue weighted by Crippen LogP contribution is 2.28. The molecule has 0 spiro atoms. The maximum atomic E-state index is 5.91. The first-order valence-electron chi connectivity index (χ1n) is 7.25. The molecular formula is C17H22N2O2. The van der Waals surface area contributed by atoms with Gasteiger partial charge in [-0.3, -0.25) is 0 Å². The molecule has 0 aliphatic heterocycles. The first-order valence-corrected chi connectivity index (χ1v) is 7.25. The van der Waals surface area contributed by atoms with E-state index in [-0.39, 0.29) is 0 Å². The fourth-order valence-electron chi connectivity index (χ4n) is 1.92. The average Bonchev–Trinajstić information content (AvgIpc) is 2.50. The van der Waals surface area contributed by atoms with Crippen LogP contribution in [0.15, 0.2) is 42.5 Å². The lowest BCUT2D eigenvalue weighted by molar-refractivity contribution is 0.319. The average molecular weight is 286 g/mol. The van der Waals surface area contributed by atoms with E-state index < -0.39 is 0 Å². The summed E-state index contributed by atoms with van der Waals surface area (Å²) in [5, 5.41) is 3.33. The van der Waals surface area contributed by atoms with Crippen molar-refractivity contribution in [2.45, 2.75) is 20.3 Å². The van der Waals surface area contributed by atoms with Crippen molar-refractivity contribution in [3.05, 3.63) is 42.5 Å². The molecule has 0 fully saturated rings. The van der Waals surface area contributed by atoms with Crippen LogP contribution in [-0.2, 0) is 0 Å². The highest BCUT2D eigenvalue weighted by molar-refractivity contribution is 5.67. The van der Waals surface area contributed by atoms with Gasteiger partial charge in [0.2, 0.25) is 0 Å². The van der Waals surface area contributed by atoms with Gasteiger partial charge >= 0.3 is 0 Å². The minimum Gasteiger partial charge on any atom is -0.494 e. The molecule has 0 heterocycles. The Labute approximate surface area is 125 Å². The maximum absolute atomic E-state index is 5.91. The topological polar surface area (TPSA) is 56.5 Å². The normalized spacial score (nSPS) is 10.2. The number of anilines is 3. The number of hydrogen-bond donors (Lipinski definition) is 2. The summed E-state index contributed by atoms with van der Waals surface area (Å²) in [6, 6.07) is 13.5. The zero-order valence-electron chi connectivity index (χ0n) is 12.6. The Kier molecular flexibility index (Phi) is 5.32. The van der Waals surface area contributed by atoms with Crippen LogP contribution in [0.25, 0.3) is 0 Å². The molecule has 0 saturated heterocycles. The van der Waals surface area contributed by atoms with Crippen molar-refractivity contribution in [3.63, 3.8) is 0 Å². The molecule has 2 aromatic carbocycles. The van der Waals surface area contributed by atoms with Crippen LogP contribution in [0.1, 0.15) is 20.3 Å². The Morgan fingerprint density at radius 3 is 2.33 bits per heavy atom. The molecule has 0 radical (unpaired) electrons. The Morgan fingerprint density at radius 2 is 1.67 bits per heavy atom. The number of nitrogens with two attached hydrogens (primary N) is 1. The number of nitrogen functional groups attached to an aromatic ring is 1. The predicted octanol–water partition coefficient (Wildman–Crippen LogP) is 4.20. The molecule has 0 saturated carbocycles. The third kappa shape index (κ3) is 4.31. The molecule has 0 amide bonds. The van der Waals surface area contributed by atoms with Gasteiger partial charge < -0.3 is 20.5 Å². The van der Waals surface area contributed by atoms with Crippen LogP contribution in [0.5, 0.6) is 11.5 Å². The highest BCUT2D eigenvalue weighted by atomic mass is 16.5. The molecule has 0 aromatic heterocycles. The first-order chi connectivity index (χ1) is 10.2. The molecule has 2 rings (SSSR count). The molecule has 0 aliphatic rings. The molecule has 0 aliphatic carbocycles. The largest absolute Gasteiger partial charge is 0.494 e. The summed E-state index contributed by atoms with van der Waals surface area (Å²) in [4.78, 5) is 0. The molecule has 3 N–H and O–H groups in total. The van der Waals surface area contributed by atoms with Gasteiger partial charge in [-0.2, -0.15) is 0 Å². The van der Waals surface area contributed by atoms with E-state index in [0.29, 0.717) is 24.7 Å². The van der Waals surface area contributed by atoms with Crippen LogP contribution in [0, 0.1) is 0 Å². The molecule has 0 bridgehead atoms. The Bertz CT molecular complexity index is 568. The molecule has 0 atom stereocenters. The third-order valence-corrected chi connectivity index (χ3v) is 2.93. The van der Waals surface area contributed by atoms with Crippen molar-refractivity contribution >= 4 is 17.1 Å². The second-order valence-corrected chi connectivity index (χ2v) is 4.68. The van der Waals surface area contributed by atoms with Gasteiger partial charge in [0.05, 0.1) is 18.9 Å². The Morgan fingerprint density at radius 1 is 0.952 bits per heavy atom. The summed E-state index contributed by atoms with van der Waals surface area (Å²) in [7, 11) is 0. The Hall–Kier alpha value is -2.36. The van der Waals surface area contributed by atoms with E-state index in [1.807, 2.05) is 49.4 Å². The quantitative estimate of drug-likeness (QED) is 0.749. The number of ether oxygens (including phenoxy) is 2. The Balaban J connectivity index is 2.08. The van der Waals surface area contributed by atoms with E-state index in [1.165, 1.54) is 0 Å². The number of benzene rings is 2. The summed E-state index contributed by atoms with van der Waals surface area (Å²) in [6.45, 7) is 5.37. The number of nitrogens with one attached hydrogen (secondary N) is 1. The van der Waals surface area contributed by atoms with Gasteiger partial charge in [0.1, 0.15) is 11.5 Å². The first kappa shape index (κ1) is 15.0. The molecule has 4 heteroatoms. The van der Waals surface area contributed by atoms with Crippen molar-refractivity contribution < 1.29 is 9.47 Å². The van der Waals surface area contributed by atoms with Crippen LogP contribution >= 0.6 is 0 Å². The van der Waals surface area contributed by atoms with E-state index >= 15 is 0 Å². The van der Waals surface area contributed by atoms with E-state index in [2.05, 4.69) is 12.2 Å². The molecular weight excluding hydrogens is 264 g/mol. The molecule has 4 nitrogen and oxygen atoms in total.